The highest BCUT2D eigenvalue weighted by atomic mass is 32.1. The quantitative estimate of drug-likeness (QED) is 0.370. The van der Waals surface area contributed by atoms with E-state index < -0.39 is 0 Å². The maximum Gasteiger partial charge on any atom is 0.305 e. The van der Waals surface area contributed by atoms with Gasteiger partial charge in [0.1, 0.15) is 0 Å². The van der Waals surface area contributed by atoms with E-state index in [1.165, 1.54) is 0 Å². The lowest BCUT2D eigenvalue weighted by atomic mass is 10.3. The Morgan fingerprint density at radius 3 is 2.67 bits per heavy atom. The van der Waals surface area contributed by atoms with E-state index in [0.717, 1.165) is 0 Å². The van der Waals surface area contributed by atoms with Crippen LogP contribution in [-0.4, -0.2) is 30.0 Å². The predicted octanol–water partition coefficient (Wildman–Crippen LogP) is 0.122. The van der Waals surface area contributed by atoms with E-state index in [4.69, 9.17) is 10.5 Å². The van der Waals surface area contributed by atoms with Crippen molar-refractivity contribution in [1.82, 2.24) is 5.32 Å². The average molecular weight is 232 g/mol. The summed E-state index contributed by atoms with van der Waals surface area (Å²) < 4.78 is 4.72. The molecule has 0 aliphatic carbocycles. The topological polar surface area (TPSA) is 81.4 Å². The van der Waals surface area contributed by atoms with Gasteiger partial charge in [-0.2, -0.15) is 0 Å². The molecule has 0 radical (unpaired) electrons. The van der Waals surface area contributed by atoms with Crippen molar-refractivity contribution in [2.75, 3.05) is 13.2 Å². The molecule has 6 heteroatoms. The summed E-state index contributed by atoms with van der Waals surface area (Å²) in [7, 11) is 0. The molecular weight excluding hydrogens is 216 g/mol. The number of carbonyl (C=O) groups is 2. The molecule has 0 aromatic carbocycles. The monoisotopic (exact) mass is 232 g/mol. The van der Waals surface area contributed by atoms with Crippen LogP contribution in [0.1, 0.15) is 26.2 Å². The Balaban J connectivity index is 3.42. The Hall–Kier alpha value is -1.17. The van der Waals surface area contributed by atoms with Crippen molar-refractivity contribution in [1.29, 1.82) is 0 Å². The highest BCUT2D eigenvalue weighted by molar-refractivity contribution is 7.80. The van der Waals surface area contributed by atoms with Gasteiger partial charge in [-0.25, -0.2) is 0 Å². The van der Waals surface area contributed by atoms with Crippen LogP contribution in [0.4, 0.5) is 0 Å². The standard InChI is InChI=1S/C9H16N2O3S/c1-2-14-9(13)4-3-5-11-8(12)6-7(10)15/h2-6H2,1H3,(H2,10,15)(H,11,12). The molecule has 0 aromatic heterocycles. The number of esters is 1. The SMILES string of the molecule is CCOC(=O)CCCNC(=O)CC(N)=S. The molecule has 0 unspecified atom stereocenters. The van der Waals surface area contributed by atoms with E-state index in [-0.39, 0.29) is 23.3 Å². The first kappa shape index (κ1) is 13.8. The third kappa shape index (κ3) is 9.14. The Kier molecular flexibility index (Phi) is 7.53. The lowest BCUT2D eigenvalue weighted by molar-refractivity contribution is -0.143. The van der Waals surface area contributed by atoms with Crippen molar-refractivity contribution < 1.29 is 14.3 Å². The zero-order valence-electron chi connectivity index (χ0n) is 8.75. The number of nitrogens with one attached hydrogen (secondary N) is 1. The summed E-state index contributed by atoms with van der Waals surface area (Å²) in [5.41, 5.74) is 5.18. The van der Waals surface area contributed by atoms with E-state index >= 15 is 0 Å². The molecule has 0 heterocycles. The highest BCUT2D eigenvalue weighted by Crippen LogP contribution is 1.91. The van der Waals surface area contributed by atoms with E-state index in [0.29, 0.717) is 26.0 Å². The molecule has 0 aromatic rings. The van der Waals surface area contributed by atoms with Crippen LogP contribution in [0.15, 0.2) is 0 Å². The molecule has 86 valence electrons. The van der Waals surface area contributed by atoms with E-state index in [1.54, 1.807) is 6.92 Å². The van der Waals surface area contributed by atoms with Crippen LogP contribution in [0.5, 0.6) is 0 Å². The van der Waals surface area contributed by atoms with E-state index in [9.17, 15) is 9.59 Å². The summed E-state index contributed by atoms with van der Waals surface area (Å²) in [5, 5.41) is 2.60. The highest BCUT2D eigenvalue weighted by Gasteiger charge is 2.04. The number of nitrogens with two attached hydrogens (primary N) is 1. The third-order valence-corrected chi connectivity index (χ3v) is 1.66. The first-order chi connectivity index (χ1) is 7.06. The van der Waals surface area contributed by atoms with Crippen molar-refractivity contribution >= 4 is 29.1 Å². The molecule has 0 spiro atoms. The second-order valence-electron chi connectivity index (χ2n) is 2.90. The van der Waals surface area contributed by atoms with Gasteiger partial charge in [0, 0.05) is 13.0 Å². The Morgan fingerprint density at radius 2 is 2.13 bits per heavy atom. The predicted molar refractivity (Wildman–Crippen MR) is 60.3 cm³/mol. The van der Waals surface area contributed by atoms with Gasteiger partial charge < -0.3 is 15.8 Å². The molecule has 0 aliphatic rings. The van der Waals surface area contributed by atoms with Gasteiger partial charge in [0.15, 0.2) is 0 Å². The fraction of sp³-hybridized carbons (Fsp3) is 0.667. The Bertz CT molecular complexity index is 244. The van der Waals surface area contributed by atoms with Gasteiger partial charge in [0.25, 0.3) is 0 Å². The van der Waals surface area contributed by atoms with Crippen LogP contribution >= 0.6 is 12.2 Å². The first-order valence-corrected chi connectivity index (χ1v) is 5.17. The summed E-state index contributed by atoms with van der Waals surface area (Å²) in [6.07, 6.45) is 0.915. The van der Waals surface area contributed by atoms with Crippen LogP contribution < -0.4 is 11.1 Å². The maximum atomic E-state index is 11.0. The number of ether oxygens (including phenoxy) is 1. The second-order valence-corrected chi connectivity index (χ2v) is 3.43. The van der Waals surface area contributed by atoms with Crippen LogP contribution in [-0.2, 0) is 14.3 Å². The molecule has 0 fully saturated rings. The van der Waals surface area contributed by atoms with Gasteiger partial charge in [0.05, 0.1) is 18.0 Å². The van der Waals surface area contributed by atoms with Gasteiger partial charge in [0.2, 0.25) is 5.91 Å². The molecule has 15 heavy (non-hydrogen) atoms. The minimum Gasteiger partial charge on any atom is -0.466 e. The van der Waals surface area contributed by atoms with Gasteiger partial charge in [-0.15, -0.1) is 0 Å². The number of hydrogen-bond donors (Lipinski definition) is 2. The normalized spacial score (nSPS) is 9.40. The van der Waals surface area contributed by atoms with Crippen LogP contribution in [0.2, 0.25) is 0 Å². The summed E-state index contributed by atoms with van der Waals surface area (Å²) in [5.74, 6) is -0.465. The van der Waals surface area contributed by atoms with Crippen LogP contribution in [0, 0.1) is 0 Å². The van der Waals surface area contributed by atoms with Gasteiger partial charge in [-0.1, -0.05) is 12.2 Å². The largest absolute Gasteiger partial charge is 0.466 e. The second kappa shape index (κ2) is 8.16. The minimum atomic E-state index is -0.249. The zero-order valence-corrected chi connectivity index (χ0v) is 9.56. The summed E-state index contributed by atoms with van der Waals surface area (Å²) >= 11 is 4.57. The fourth-order valence-electron chi connectivity index (χ4n) is 0.914. The van der Waals surface area contributed by atoms with Gasteiger partial charge in [-0.05, 0) is 13.3 Å². The maximum absolute atomic E-state index is 11.0. The molecule has 0 bridgehead atoms. The first-order valence-electron chi connectivity index (χ1n) is 4.77. The molecular formula is C9H16N2O3S. The lowest BCUT2D eigenvalue weighted by Gasteiger charge is -2.04. The van der Waals surface area contributed by atoms with Crippen LogP contribution in [0.25, 0.3) is 0 Å². The van der Waals surface area contributed by atoms with Crippen molar-refractivity contribution in [3.05, 3.63) is 0 Å². The summed E-state index contributed by atoms with van der Waals surface area (Å²) in [6.45, 7) is 2.56. The number of hydrogen-bond acceptors (Lipinski definition) is 4. The third-order valence-electron chi connectivity index (χ3n) is 1.52. The Labute approximate surface area is 94.3 Å². The van der Waals surface area contributed by atoms with Crippen molar-refractivity contribution in [3.8, 4) is 0 Å². The minimum absolute atomic E-state index is 0.0503. The number of carbonyl (C=O) groups excluding carboxylic acids is 2. The summed E-state index contributed by atoms with van der Waals surface area (Å²) in [6, 6.07) is 0. The zero-order chi connectivity index (χ0) is 11.7. The molecule has 1 amide bonds. The number of thiocarbonyl (C=S) groups is 1. The van der Waals surface area contributed by atoms with Crippen LogP contribution in [0.3, 0.4) is 0 Å². The number of rotatable bonds is 7. The molecule has 0 saturated heterocycles. The summed E-state index contributed by atoms with van der Waals surface area (Å²) in [4.78, 5) is 22.1. The van der Waals surface area contributed by atoms with Gasteiger partial charge in [-0.3, -0.25) is 9.59 Å². The number of amides is 1. The molecule has 0 rings (SSSR count). The van der Waals surface area contributed by atoms with Gasteiger partial charge >= 0.3 is 5.97 Å². The smallest absolute Gasteiger partial charge is 0.305 e. The van der Waals surface area contributed by atoms with E-state index in [1.807, 2.05) is 0 Å². The molecule has 0 aliphatic heterocycles. The molecule has 0 atom stereocenters. The molecule has 5 nitrogen and oxygen atoms in total. The molecule has 0 saturated carbocycles. The van der Waals surface area contributed by atoms with Crippen molar-refractivity contribution in [3.63, 3.8) is 0 Å². The van der Waals surface area contributed by atoms with E-state index in [2.05, 4.69) is 17.5 Å². The Morgan fingerprint density at radius 1 is 1.47 bits per heavy atom. The average Bonchev–Trinajstić information content (AvgIpc) is 2.12. The molecule has 3 N–H and O–H groups in total. The lowest BCUT2D eigenvalue weighted by Crippen LogP contribution is -2.28. The fourth-order valence-corrected chi connectivity index (χ4v) is 1.05. The van der Waals surface area contributed by atoms with Crippen molar-refractivity contribution in [2.24, 2.45) is 5.73 Å². The van der Waals surface area contributed by atoms with Crippen molar-refractivity contribution in [2.45, 2.75) is 26.2 Å².